The summed E-state index contributed by atoms with van der Waals surface area (Å²) >= 11 is 0. The number of rotatable bonds is 5. The monoisotopic (exact) mass is 241 g/mol. The van der Waals surface area contributed by atoms with Gasteiger partial charge in [-0.15, -0.1) is 0 Å². The molecule has 7 N–H and O–H groups in total. The fourth-order valence-corrected chi connectivity index (χ4v) is 1.55. The van der Waals surface area contributed by atoms with Crippen molar-refractivity contribution in [3.05, 3.63) is 23.8 Å². The van der Waals surface area contributed by atoms with Gasteiger partial charge >= 0.3 is 0 Å². The second-order valence-corrected chi connectivity index (χ2v) is 3.75. The van der Waals surface area contributed by atoms with Crippen molar-refractivity contribution < 1.29 is 10.2 Å². The number of nitrogens with two attached hydrogens (primary N) is 2. The molecule has 0 unspecified atom stereocenters. The minimum absolute atomic E-state index is 0.210. The van der Waals surface area contributed by atoms with Crippen LogP contribution in [0.15, 0.2) is 18.2 Å². The van der Waals surface area contributed by atoms with Gasteiger partial charge in [0.15, 0.2) is 0 Å². The number of nitrogens with one attached hydrogen (secondary N) is 1. The zero-order valence-corrected chi connectivity index (χ0v) is 10.3. The van der Waals surface area contributed by atoms with E-state index in [0.29, 0.717) is 5.56 Å². The van der Waals surface area contributed by atoms with Crippen molar-refractivity contribution in [1.29, 1.82) is 0 Å². The van der Waals surface area contributed by atoms with Crippen molar-refractivity contribution in [3.8, 4) is 11.5 Å². The van der Waals surface area contributed by atoms with Gasteiger partial charge in [-0.2, -0.15) is 5.53 Å². The summed E-state index contributed by atoms with van der Waals surface area (Å²) in [6, 6.07) is 4.89. The van der Waals surface area contributed by atoms with Gasteiger partial charge in [0, 0.05) is 5.56 Å². The number of unbranched alkanes of at least 4 members (excludes halogenated alkanes) is 3. The van der Waals surface area contributed by atoms with E-state index in [-0.39, 0.29) is 11.5 Å². The Morgan fingerprint density at radius 3 is 2.06 bits per heavy atom. The third-order valence-electron chi connectivity index (χ3n) is 2.41. The molecule has 0 aliphatic heterocycles. The highest BCUT2D eigenvalue weighted by atomic mass is 16.3. The molecule has 1 aromatic rings. The zero-order valence-electron chi connectivity index (χ0n) is 10.3. The van der Waals surface area contributed by atoms with E-state index in [2.05, 4.69) is 18.6 Å². The van der Waals surface area contributed by atoms with Crippen LogP contribution in [0.2, 0.25) is 0 Å². The van der Waals surface area contributed by atoms with Crippen molar-refractivity contribution in [2.24, 2.45) is 11.7 Å². The zero-order chi connectivity index (χ0) is 13.1. The molecule has 0 radical (unpaired) electrons. The molecular weight excluding hydrogens is 218 g/mol. The minimum atomic E-state index is 0.210. The maximum absolute atomic E-state index is 9.49. The van der Waals surface area contributed by atoms with E-state index in [1.54, 1.807) is 23.7 Å². The summed E-state index contributed by atoms with van der Waals surface area (Å²) in [7, 11) is 0. The molecule has 0 bridgehead atoms. The summed E-state index contributed by atoms with van der Waals surface area (Å²) in [5, 5.41) is 19.0. The number of phenolic OH excluding ortho intramolecular Hbond substituents is 2. The number of benzene rings is 1. The van der Waals surface area contributed by atoms with Gasteiger partial charge in [0.1, 0.15) is 11.5 Å². The van der Waals surface area contributed by atoms with E-state index in [9.17, 15) is 10.2 Å². The molecule has 0 amide bonds. The Hall–Kier alpha value is -1.30. The van der Waals surface area contributed by atoms with Crippen LogP contribution in [0.25, 0.3) is 0 Å². The molecule has 98 valence electrons. The van der Waals surface area contributed by atoms with E-state index >= 15 is 0 Å². The minimum Gasteiger partial charge on any atom is -0.508 e. The lowest BCUT2D eigenvalue weighted by Gasteiger charge is -2.06. The topological polar surface area (TPSA) is 105 Å². The molecular formula is C12H23N3O2. The average molecular weight is 241 g/mol. The molecule has 1 rings (SSSR count). The van der Waals surface area contributed by atoms with Gasteiger partial charge in [-0.05, 0) is 25.0 Å². The van der Waals surface area contributed by atoms with Crippen molar-refractivity contribution in [2.75, 3.05) is 0 Å². The van der Waals surface area contributed by atoms with Gasteiger partial charge in [0.2, 0.25) is 0 Å². The van der Waals surface area contributed by atoms with Gasteiger partial charge in [-0.25, -0.2) is 0 Å². The second kappa shape index (κ2) is 9.89. The standard InChI is InChI=1S/C12H18O2.H5N3/c1-2-3-4-5-7-10-11(13)8-6-9-12(10)14;1-3-2/h6,8-9,13-14H,2-5,7H2,1H3;3H,1-2H2. The smallest absolute Gasteiger partial charge is 0.122 e. The normalized spacial score (nSPS) is 9.59. The fourth-order valence-electron chi connectivity index (χ4n) is 1.55. The first-order chi connectivity index (χ1) is 8.17. The average Bonchev–Trinajstić information content (AvgIpc) is 2.28. The van der Waals surface area contributed by atoms with E-state index in [1.165, 1.54) is 12.8 Å². The van der Waals surface area contributed by atoms with Crippen molar-refractivity contribution >= 4 is 0 Å². The Labute approximate surface area is 102 Å². The number of aromatic hydroxyl groups is 2. The number of hydrazine groups is 2. The lowest BCUT2D eigenvalue weighted by molar-refractivity contribution is 0.436. The molecule has 0 fully saturated rings. The van der Waals surface area contributed by atoms with Crippen molar-refractivity contribution in [1.82, 2.24) is 5.53 Å². The lowest BCUT2D eigenvalue weighted by Crippen LogP contribution is -2.29. The Bertz CT molecular complexity index is 286. The molecule has 0 spiro atoms. The number of phenols is 2. The third kappa shape index (κ3) is 6.78. The summed E-state index contributed by atoms with van der Waals surface area (Å²) < 4.78 is 0. The van der Waals surface area contributed by atoms with Crippen LogP contribution < -0.4 is 17.2 Å². The van der Waals surface area contributed by atoms with E-state index < -0.39 is 0 Å². The number of hydrogen-bond acceptors (Lipinski definition) is 5. The van der Waals surface area contributed by atoms with Crippen LogP contribution >= 0.6 is 0 Å². The van der Waals surface area contributed by atoms with Crippen LogP contribution in [0.5, 0.6) is 11.5 Å². The number of hydrogen-bond donors (Lipinski definition) is 5. The Morgan fingerprint density at radius 2 is 1.59 bits per heavy atom. The Morgan fingerprint density at radius 1 is 1.06 bits per heavy atom. The predicted molar refractivity (Wildman–Crippen MR) is 69.1 cm³/mol. The highest BCUT2D eigenvalue weighted by molar-refractivity contribution is 5.42. The summed E-state index contributed by atoms with van der Waals surface area (Å²) in [6.45, 7) is 2.16. The summed E-state index contributed by atoms with van der Waals surface area (Å²) in [5.41, 5.74) is 2.43. The molecule has 17 heavy (non-hydrogen) atoms. The van der Waals surface area contributed by atoms with Crippen molar-refractivity contribution in [3.63, 3.8) is 0 Å². The molecule has 0 saturated heterocycles. The molecule has 0 aliphatic carbocycles. The van der Waals surface area contributed by atoms with Crippen LogP contribution in [0.1, 0.15) is 38.2 Å². The first-order valence-corrected chi connectivity index (χ1v) is 5.83. The van der Waals surface area contributed by atoms with Gasteiger partial charge in [-0.1, -0.05) is 32.3 Å². The highest BCUT2D eigenvalue weighted by Crippen LogP contribution is 2.27. The quantitative estimate of drug-likeness (QED) is 0.305. The van der Waals surface area contributed by atoms with Gasteiger partial charge in [0.05, 0.1) is 0 Å². The van der Waals surface area contributed by atoms with Gasteiger partial charge in [-0.3, -0.25) is 11.7 Å². The third-order valence-corrected chi connectivity index (χ3v) is 2.41. The van der Waals surface area contributed by atoms with Crippen LogP contribution in [-0.4, -0.2) is 10.2 Å². The Balaban J connectivity index is 0.000000770. The van der Waals surface area contributed by atoms with Crippen LogP contribution in [0.3, 0.4) is 0 Å². The van der Waals surface area contributed by atoms with Crippen molar-refractivity contribution in [2.45, 2.75) is 39.0 Å². The molecule has 0 aliphatic rings. The van der Waals surface area contributed by atoms with Crippen LogP contribution in [-0.2, 0) is 6.42 Å². The van der Waals surface area contributed by atoms with E-state index in [4.69, 9.17) is 0 Å². The summed E-state index contributed by atoms with van der Waals surface area (Å²) in [4.78, 5) is 0. The first kappa shape index (κ1) is 15.7. The molecule has 5 nitrogen and oxygen atoms in total. The molecule has 0 saturated carbocycles. The predicted octanol–water partition coefficient (Wildman–Crippen LogP) is 1.54. The maximum atomic E-state index is 9.49. The van der Waals surface area contributed by atoms with Crippen LogP contribution in [0, 0.1) is 0 Å². The van der Waals surface area contributed by atoms with Gasteiger partial charge < -0.3 is 10.2 Å². The SMILES string of the molecule is CCCCCCc1c(O)cccc1O.NNN. The Kier molecular flexibility index (Phi) is 9.14. The largest absolute Gasteiger partial charge is 0.508 e. The molecule has 0 atom stereocenters. The highest BCUT2D eigenvalue weighted by Gasteiger charge is 2.05. The maximum Gasteiger partial charge on any atom is 0.122 e. The molecule has 0 heterocycles. The molecule has 0 aromatic heterocycles. The molecule has 5 heteroatoms. The van der Waals surface area contributed by atoms with E-state index in [1.807, 2.05) is 0 Å². The lowest BCUT2D eigenvalue weighted by atomic mass is 10.0. The first-order valence-electron chi connectivity index (χ1n) is 5.83. The second-order valence-electron chi connectivity index (χ2n) is 3.75. The van der Waals surface area contributed by atoms with Gasteiger partial charge in [0.25, 0.3) is 0 Å². The fraction of sp³-hybridized carbons (Fsp3) is 0.500. The van der Waals surface area contributed by atoms with Crippen LogP contribution in [0.4, 0.5) is 0 Å². The summed E-state index contributed by atoms with van der Waals surface area (Å²) in [5.74, 6) is 9.17. The van der Waals surface area contributed by atoms with E-state index in [0.717, 1.165) is 19.3 Å². The summed E-state index contributed by atoms with van der Waals surface area (Å²) in [6.07, 6.45) is 5.36. The molecule has 1 aromatic carbocycles.